The van der Waals surface area contributed by atoms with Gasteiger partial charge in [0.1, 0.15) is 5.82 Å². The molecule has 0 aromatic heterocycles. The topological polar surface area (TPSA) is 41.6 Å². The molecule has 2 aliphatic rings. The molecule has 0 spiro atoms. The highest BCUT2D eigenvalue weighted by Crippen LogP contribution is 2.40. The Hall–Kier alpha value is -0.560. The number of nitrogens with two attached hydrogens (primary N) is 1. The zero-order chi connectivity index (χ0) is 14.3. The number of nitrogens with zero attached hydrogens (tertiary/aromatic N) is 2. The Morgan fingerprint density at radius 2 is 2.05 bits per heavy atom. The van der Waals surface area contributed by atoms with E-state index in [0.717, 1.165) is 18.4 Å². The van der Waals surface area contributed by atoms with E-state index in [1.165, 1.54) is 18.9 Å². The fraction of sp³-hybridized carbons (Fsp3) is 0.533. The predicted molar refractivity (Wildman–Crippen MR) is 95.0 cm³/mol. The second-order valence-corrected chi connectivity index (χ2v) is 6.23. The molecule has 0 radical (unpaired) electrons. The van der Waals surface area contributed by atoms with Gasteiger partial charge in [0.25, 0.3) is 0 Å². The largest absolute Gasteiger partial charge is 0.370 e. The summed E-state index contributed by atoms with van der Waals surface area (Å²) < 4.78 is 13.1. The van der Waals surface area contributed by atoms with Gasteiger partial charge in [0, 0.05) is 13.1 Å². The van der Waals surface area contributed by atoms with Crippen molar-refractivity contribution in [2.75, 3.05) is 7.05 Å². The minimum Gasteiger partial charge on any atom is -0.370 e. The smallest absolute Gasteiger partial charge is 0.191 e. The third kappa shape index (κ3) is 3.80. The van der Waals surface area contributed by atoms with E-state index in [1.54, 1.807) is 6.07 Å². The van der Waals surface area contributed by atoms with Crippen molar-refractivity contribution in [3.63, 3.8) is 0 Å². The summed E-state index contributed by atoms with van der Waals surface area (Å²) in [5, 5.41) is 0.197. The standard InChI is InChI=1S/C15H19ClFN3.HI/c1-20(12-3-4-12)15(18)19-11-6-10(7-11)9-2-5-14(17)13(16)8-9;/h2,5,8,10-12H,3-4,6-7H2,1H3,(H2,18,19);1H. The summed E-state index contributed by atoms with van der Waals surface area (Å²) in [6, 6.07) is 5.84. The second kappa shape index (κ2) is 6.69. The van der Waals surface area contributed by atoms with Crippen LogP contribution in [0.2, 0.25) is 5.02 Å². The van der Waals surface area contributed by atoms with Crippen LogP contribution >= 0.6 is 35.6 Å². The summed E-state index contributed by atoms with van der Waals surface area (Å²) >= 11 is 5.81. The average molecular weight is 424 g/mol. The SMILES string of the molecule is CN(C(N)=NC1CC(c2ccc(F)c(Cl)c2)C1)C1CC1.I. The molecule has 1 aromatic rings. The molecule has 1 aromatic carbocycles. The van der Waals surface area contributed by atoms with Crippen LogP contribution in [0.4, 0.5) is 4.39 Å². The Morgan fingerprint density at radius 1 is 1.38 bits per heavy atom. The Balaban J connectivity index is 0.00000161. The zero-order valence-corrected chi connectivity index (χ0v) is 15.0. The van der Waals surface area contributed by atoms with Gasteiger partial charge >= 0.3 is 0 Å². The molecular formula is C15H20ClFIN3. The number of rotatable bonds is 3. The van der Waals surface area contributed by atoms with Gasteiger partial charge in [-0.2, -0.15) is 0 Å². The lowest BCUT2D eigenvalue weighted by Crippen LogP contribution is -2.38. The van der Waals surface area contributed by atoms with Crippen LogP contribution in [0, 0.1) is 5.82 Å². The van der Waals surface area contributed by atoms with Crippen LogP contribution in [0.1, 0.15) is 37.2 Å². The maximum Gasteiger partial charge on any atom is 0.191 e. The first-order valence-electron chi connectivity index (χ1n) is 7.05. The van der Waals surface area contributed by atoms with Crippen molar-refractivity contribution < 1.29 is 4.39 Å². The summed E-state index contributed by atoms with van der Waals surface area (Å²) in [7, 11) is 2.01. The van der Waals surface area contributed by atoms with Gasteiger partial charge in [-0.1, -0.05) is 17.7 Å². The van der Waals surface area contributed by atoms with Crippen LogP contribution in [0.15, 0.2) is 23.2 Å². The molecule has 3 nitrogen and oxygen atoms in total. The first-order valence-corrected chi connectivity index (χ1v) is 7.43. The molecule has 0 atom stereocenters. The van der Waals surface area contributed by atoms with Crippen molar-refractivity contribution in [2.24, 2.45) is 10.7 Å². The number of hydrogen-bond acceptors (Lipinski definition) is 1. The lowest BCUT2D eigenvalue weighted by molar-refractivity contribution is 0.347. The molecule has 21 heavy (non-hydrogen) atoms. The quantitative estimate of drug-likeness (QED) is 0.457. The molecule has 3 rings (SSSR count). The lowest BCUT2D eigenvalue weighted by Gasteiger charge is -2.34. The van der Waals surface area contributed by atoms with Gasteiger partial charge in [0.05, 0.1) is 11.1 Å². The third-order valence-electron chi connectivity index (χ3n) is 4.30. The van der Waals surface area contributed by atoms with Crippen LogP contribution < -0.4 is 5.73 Å². The summed E-state index contributed by atoms with van der Waals surface area (Å²) in [6.07, 6.45) is 4.35. The Kier molecular flexibility index (Phi) is 5.35. The van der Waals surface area contributed by atoms with Gasteiger partial charge in [-0.05, 0) is 49.3 Å². The van der Waals surface area contributed by atoms with E-state index >= 15 is 0 Å². The van der Waals surface area contributed by atoms with E-state index in [-0.39, 0.29) is 40.9 Å². The third-order valence-corrected chi connectivity index (χ3v) is 4.59. The molecule has 2 fully saturated rings. The molecule has 2 aliphatic carbocycles. The van der Waals surface area contributed by atoms with E-state index in [0.29, 0.717) is 17.9 Å². The fourth-order valence-electron chi connectivity index (χ4n) is 2.66. The van der Waals surface area contributed by atoms with Crippen molar-refractivity contribution in [2.45, 2.75) is 43.7 Å². The van der Waals surface area contributed by atoms with E-state index in [4.69, 9.17) is 17.3 Å². The van der Waals surface area contributed by atoms with E-state index in [2.05, 4.69) is 9.89 Å². The van der Waals surface area contributed by atoms with Gasteiger partial charge < -0.3 is 10.6 Å². The first kappa shape index (κ1) is 16.8. The summed E-state index contributed by atoms with van der Waals surface area (Å²) in [4.78, 5) is 6.64. The average Bonchev–Trinajstić information content (AvgIpc) is 3.20. The van der Waals surface area contributed by atoms with E-state index in [9.17, 15) is 4.39 Å². The number of hydrogen-bond donors (Lipinski definition) is 1. The zero-order valence-electron chi connectivity index (χ0n) is 11.9. The molecule has 116 valence electrons. The minimum atomic E-state index is -0.361. The first-order chi connectivity index (χ1) is 9.54. The van der Waals surface area contributed by atoms with Crippen LogP contribution in [0.25, 0.3) is 0 Å². The molecule has 0 bridgehead atoms. The molecule has 2 N–H and O–H groups in total. The highest BCUT2D eigenvalue weighted by Gasteiger charge is 2.32. The van der Waals surface area contributed by atoms with Crippen LogP contribution in [-0.4, -0.2) is 30.0 Å². The molecule has 0 aliphatic heterocycles. The fourth-order valence-corrected chi connectivity index (χ4v) is 2.85. The number of guanidine groups is 1. The molecular weight excluding hydrogens is 404 g/mol. The van der Waals surface area contributed by atoms with Crippen molar-refractivity contribution in [3.8, 4) is 0 Å². The van der Waals surface area contributed by atoms with Crippen LogP contribution in [-0.2, 0) is 0 Å². The Labute approximate surface area is 146 Å². The summed E-state index contributed by atoms with van der Waals surface area (Å²) in [5.74, 6) is 0.702. The number of halogens is 3. The van der Waals surface area contributed by atoms with Gasteiger partial charge in [-0.15, -0.1) is 24.0 Å². The molecule has 0 heterocycles. The second-order valence-electron chi connectivity index (χ2n) is 5.83. The van der Waals surface area contributed by atoms with Crippen LogP contribution in [0.5, 0.6) is 0 Å². The van der Waals surface area contributed by atoms with Crippen molar-refractivity contribution in [1.29, 1.82) is 0 Å². The molecule has 0 amide bonds. The number of benzene rings is 1. The summed E-state index contributed by atoms with van der Waals surface area (Å²) in [5.41, 5.74) is 7.10. The van der Waals surface area contributed by atoms with Crippen molar-refractivity contribution in [1.82, 2.24) is 4.90 Å². The van der Waals surface area contributed by atoms with E-state index < -0.39 is 0 Å². The highest BCUT2D eigenvalue weighted by atomic mass is 127. The number of aliphatic imine (C=N–C) groups is 1. The van der Waals surface area contributed by atoms with Gasteiger partial charge in [0.15, 0.2) is 5.96 Å². The summed E-state index contributed by atoms with van der Waals surface area (Å²) in [6.45, 7) is 0. The molecule has 0 unspecified atom stereocenters. The lowest BCUT2D eigenvalue weighted by atomic mass is 9.76. The minimum absolute atomic E-state index is 0. The van der Waals surface area contributed by atoms with Crippen LogP contribution in [0.3, 0.4) is 0 Å². The molecule has 6 heteroatoms. The highest BCUT2D eigenvalue weighted by molar-refractivity contribution is 14.0. The molecule has 0 saturated heterocycles. The maximum absolute atomic E-state index is 13.1. The maximum atomic E-state index is 13.1. The van der Waals surface area contributed by atoms with Gasteiger partial charge in [0.2, 0.25) is 0 Å². The van der Waals surface area contributed by atoms with Gasteiger partial charge in [-0.3, -0.25) is 0 Å². The Bertz CT molecular complexity index is 542. The Morgan fingerprint density at radius 3 is 2.62 bits per heavy atom. The normalized spacial score (nSPS) is 25.0. The van der Waals surface area contributed by atoms with Gasteiger partial charge in [-0.25, -0.2) is 9.38 Å². The monoisotopic (exact) mass is 423 g/mol. The van der Waals surface area contributed by atoms with E-state index in [1.807, 2.05) is 13.1 Å². The molecule has 2 saturated carbocycles. The predicted octanol–water partition coefficient (Wildman–Crippen LogP) is 3.75. The van der Waals surface area contributed by atoms with Crippen molar-refractivity contribution >= 4 is 41.5 Å². The van der Waals surface area contributed by atoms with Crippen molar-refractivity contribution in [3.05, 3.63) is 34.6 Å².